The van der Waals surface area contributed by atoms with Crippen LogP contribution in [-0.4, -0.2) is 86.4 Å². The number of rotatable bonds is 6. The van der Waals surface area contributed by atoms with Crippen LogP contribution in [0, 0.1) is 0 Å². The number of benzene rings is 1. The Morgan fingerprint density at radius 2 is 1.97 bits per heavy atom. The number of para-hydroxylation sites is 1. The summed E-state index contributed by atoms with van der Waals surface area (Å²) in [7, 11) is 1.23. The topological polar surface area (TPSA) is 129 Å². The van der Waals surface area contributed by atoms with Gasteiger partial charge in [0.2, 0.25) is 11.8 Å². The molecule has 0 aliphatic carbocycles. The average Bonchev–Trinajstić information content (AvgIpc) is 3.51. The van der Waals surface area contributed by atoms with E-state index in [1.54, 1.807) is 4.90 Å². The summed E-state index contributed by atoms with van der Waals surface area (Å²) >= 11 is 0. The van der Waals surface area contributed by atoms with Crippen molar-refractivity contribution < 1.29 is 28.7 Å². The highest BCUT2D eigenvalue weighted by molar-refractivity contribution is 5.94. The number of amides is 4. The summed E-state index contributed by atoms with van der Waals surface area (Å²) in [5, 5.41) is 8.26. The van der Waals surface area contributed by atoms with Gasteiger partial charge in [0.1, 0.15) is 17.7 Å². The van der Waals surface area contributed by atoms with Crippen molar-refractivity contribution in [3.05, 3.63) is 30.3 Å². The van der Waals surface area contributed by atoms with Crippen molar-refractivity contribution in [1.29, 1.82) is 0 Å². The van der Waals surface area contributed by atoms with Gasteiger partial charge in [-0.15, -0.1) is 0 Å². The first-order valence-electron chi connectivity index (χ1n) is 11.6. The molecule has 1 spiro atoms. The Kier molecular flexibility index (Phi) is 7.20. The van der Waals surface area contributed by atoms with Gasteiger partial charge in [-0.1, -0.05) is 18.2 Å². The van der Waals surface area contributed by atoms with Gasteiger partial charge in [0.05, 0.1) is 20.3 Å². The number of carbonyl (C=O) groups is 4. The number of piperidine rings is 1. The molecule has 184 valence electrons. The summed E-state index contributed by atoms with van der Waals surface area (Å²) in [6.07, 6.45) is 1.75. The third-order valence-corrected chi connectivity index (χ3v) is 6.76. The zero-order valence-corrected chi connectivity index (χ0v) is 19.2. The number of anilines is 1. The number of ether oxygens (including phenoxy) is 2. The number of esters is 1. The van der Waals surface area contributed by atoms with Gasteiger partial charge in [0.25, 0.3) is 0 Å². The molecular formula is C23H31N5O6. The maximum absolute atomic E-state index is 12.8. The van der Waals surface area contributed by atoms with Crippen LogP contribution in [0.2, 0.25) is 0 Å². The van der Waals surface area contributed by atoms with Gasteiger partial charge in [0.15, 0.2) is 0 Å². The zero-order valence-electron chi connectivity index (χ0n) is 19.2. The molecule has 34 heavy (non-hydrogen) atoms. The quantitative estimate of drug-likeness (QED) is 0.495. The van der Waals surface area contributed by atoms with E-state index in [9.17, 15) is 19.2 Å². The standard InChI is InChI=1S/C23H31N5O6/c1-33-20(30)17(26-19(29)18-8-5-13-34-18)14-24-22(32)27-11-9-23(10-12-27)21(31)25-15-28(23)16-6-3-2-4-7-16/h2-4,6-7,17-18H,5,8-15H2,1H3,(H,24,32)(H,25,31)(H,26,29). The number of hydrogen-bond donors (Lipinski definition) is 3. The van der Waals surface area contributed by atoms with Crippen LogP contribution >= 0.6 is 0 Å². The number of hydrogen-bond acceptors (Lipinski definition) is 7. The summed E-state index contributed by atoms with van der Waals surface area (Å²) in [5.74, 6) is -1.07. The van der Waals surface area contributed by atoms with E-state index >= 15 is 0 Å². The van der Waals surface area contributed by atoms with E-state index < -0.39 is 29.6 Å². The summed E-state index contributed by atoms with van der Waals surface area (Å²) < 4.78 is 10.1. The molecule has 3 N–H and O–H groups in total. The van der Waals surface area contributed by atoms with Gasteiger partial charge in [-0.25, -0.2) is 9.59 Å². The van der Waals surface area contributed by atoms with Gasteiger partial charge in [-0.2, -0.15) is 0 Å². The van der Waals surface area contributed by atoms with E-state index in [0.717, 1.165) is 12.1 Å². The predicted octanol–water partition coefficient (Wildman–Crippen LogP) is -0.0387. The predicted molar refractivity (Wildman–Crippen MR) is 122 cm³/mol. The Morgan fingerprint density at radius 3 is 2.62 bits per heavy atom. The number of nitrogens with zero attached hydrogens (tertiary/aromatic N) is 2. The monoisotopic (exact) mass is 473 g/mol. The molecule has 3 saturated heterocycles. The molecular weight excluding hydrogens is 442 g/mol. The van der Waals surface area contributed by atoms with Gasteiger partial charge < -0.3 is 35.2 Å². The van der Waals surface area contributed by atoms with Crippen molar-refractivity contribution in [1.82, 2.24) is 20.9 Å². The highest BCUT2D eigenvalue weighted by Crippen LogP contribution is 2.36. The van der Waals surface area contributed by atoms with Gasteiger partial charge in [-0.3, -0.25) is 9.59 Å². The van der Waals surface area contributed by atoms with E-state index in [0.29, 0.717) is 45.6 Å². The molecule has 4 rings (SSSR count). The van der Waals surface area contributed by atoms with Crippen LogP contribution in [0.4, 0.5) is 10.5 Å². The molecule has 2 atom stereocenters. The molecule has 3 heterocycles. The first kappa shape index (κ1) is 23.8. The molecule has 11 heteroatoms. The fourth-order valence-corrected chi connectivity index (χ4v) is 4.80. The first-order chi connectivity index (χ1) is 16.4. The van der Waals surface area contributed by atoms with Crippen LogP contribution in [0.3, 0.4) is 0 Å². The minimum absolute atomic E-state index is 0.0287. The van der Waals surface area contributed by atoms with Crippen molar-refractivity contribution >= 4 is 29.5 Å². The van der Waals surface area contributed by atoms with Gasteiger partial charge >= 0.3 is 12.0 Å². The highest BCUT2D eigenvalue weighted by atomic mass is 16.5. The SMILES string of the molecule is COC(=O)C(CNC(=O)N1CCC2(CC1)C(=O)NCN2c1ccccc1)NC(=O)C1CCCO1. The van der Waals surface area contributed by atoms with Crippen LogP contribution < -0.4 is 20.9 Å². The number of nitrogens with one attached hydrogen (secondary N) is 3. The summed E-state index contributed by atoms with van der Waals surface area (Å²) in [6.45, 7) is 1.60. The van der Waals surface area contributed by atoms with Crippen LogP contribution in [0.5, 0.6) is 0 Å². The van der Waals surface area contributed by atoms with E-state index in [1.807, 2.05) is 30.3 Å². The van der Waals surface area contributed by atoms with Crippen molar-refractivity contribution in [3.63, 3.8) is 0 Å². The fraction of sp³-hybridized carbons (Fsp3) is 0.565. The minimum atomic E-state index is -1.02. The highest BCUT2D eigenvalue weighted by Gasteiger charge is 2.50. The number of urea groups is 1. The second kappa shape index (κ2) is 10.3. The average molecular weight is 474 g/mol. The first-order valence-corrected chi connectivity index (χ1v) is 11.6. The molecule has 3 fully saturated rings. The zero-order chi connectivity index (χ0) is 24.1. The van der Waals surface area contributed by atoms with Gasteiger partial charge in [0, 0.05) is 25.4 Å². The second-order valence-electron chi connectivity index (χ2n) is 8.72. The Hall–Kier alpha value is -3.34. The van der Waals surface area contributed by atoms with Crippen molar-refractivity contribution in [2.24, 2.45) is 0 Å². The largest absolute Gasteiger partial charge is 0.467 e. The number of likely N-dealkylation sites (tertiary alicyclic amines) is 1. The van der Waals surface area contributed by atoms with Crippen LogP contribution in [-0.2, 0) is 23.9 Å². The molecule has 4 amide bonds. The number of methoxy groups -OCH3 is 1. The smallest absolute Gasteiger partial charge is 0.330 e. The Morgan fingerprint density at radius 1 is 1.24 bits per heavy atom. The number of carbonyl (C=O) groups excluding carboxylic acids is 4. The lowest BCUT2D eigenvalue weighted by Crippen LogP contribution is -2.59. The van der Waals surface area contributed by atoms with Crippen molar-refractivity contribution in [2.75, 3.05) is 44.9 Å². The van der Waals surface area contributed by atoms with Crippen LogP contribution in [0.1, 0.15) is 25.7 Å². The third-order valence-electron chi connectivity index (χ3n) is 6.76. The molecule has 1 aromatic rings. The fourth-order valence-electron chi connectivity index (χ4n) is 4.80. The molecule has 1 aromatic carbocycles. The van der Waals surface area contributed by atoms with Crippen molar-refractivity contribution in [2.45, 2.75) is 43.4 Å². The van der Waals surface area contributed by atoms with E-state index in [4.69, 9.17) is 9.47 Å². The summed E-state index contributed by atoms with van der Waals surface area (Å²) in [5.41, 5.74) is 0.267. The van der Waals surface area contributed by atoms with E-state index in [2.05, 4.69) is 20.9 Å². The maximum atomic E-state index is 12.8. The molecule has 0 saturated carbocycles. The third kappa shape index (κ3) is 4.79. The van der Waals surface area contributed by atoms with E-state index in [-0.39, 0.29) is 18.5 Å². The minimum Gasteiger partial charge on any atom is -0.467 e. The molecule has 0 aromatic heterocycles. The van der Waals surface area contributed by atoms with Crippen molar-refractivity contribution in [3.8, 4) is 0 Å². The Bertz CT molecular complexity index is 912. The molecule has 11 nitrogen and oxygen atoms in total. The van der Waals surface area contributed by atoms with Gasteiger partial charge in [-0.05, 0) is 37.8 Å². The maximum Gasteiger partial charge on any atom is 0.330 e. The molecule has 0 bridgehead atoms. The van der Waals surface area contributed by atoms with Crippen LogP contribution in [0.15, 0.2) is 30.3 Å². The Balaban J connectivity index is 1.33. The molecule has 2 unspecified atom stereocenters. The second-order valence-corrected chi connectivity index (χ2v) is 8.72. The van der Waals surface area contributed by atoms with E-state index in [1.165, 1.54) is 7.11 Å². The lowest BCUT2D eigenvalue weighted by molar-refractivity contribution is -0.146. The molecule has 3 aliphatic heterocycles. The molecule has 0 radical (unpaired) electrons. The normalized spacial score (nSPS) is 22.3. The lowest BCUT2D eigenvalue weighted by atomic mass is 9.85. The summed E-state index contributed by atoms with van der Waals surface area (Å²) in [4.78, 5) is 53.7. The van der Waals surface area contributed by atoms with Crippen LogP contribution in [0.25, 0.3) is 0 Å². The Labute approximate surface area is 198 Å². The summed E-state index contributed by atoms with van der Waals surface area (Å²) in [6, 6.07) is 8.36. The lowest BCUT2D eigenvalue weighted by Gasteiger charge is -2.43. The molecule has 3 aliphatic rings.